The first kappa shape index (κ1) is 13.0. The third-order valence-corrected chi connectivity index (χ3v) is 2.70. The van der Waals surface area contributed by atoms with Crippen LogP contribution in [0.25, 0.3) is 0 Å². The second-order valence-corrected chi connectivity index (χ2v) is 4.14. The highest BCUT2D eigenvalue weighted by atomic mass is 35.5. The summed E-state index contributed by atoms with van der Waals surface area (Å²) in [6.07, 6.45) is 0.875. The standard InChI is InChI=1S/C12H14ClFN2/c1-3-8(2)16-12(7-15)10-6-9(13)4-5-11(10)14/h4-6,8,12,16H,3H2,1-2H3. The summed E-state index contributed by atoms with van der Waals surface area (Å²) in [4.78, 5) is 0. The molecule has 0 aliphatic carbocycles. The maximum Gasteiger partial charge on any atom is 0.129 e. The highest BCUT2D eigenvalue weighted by molar-refractivity contribution is 6.30. The Morgan fingerprint density at radius 2 is 2.25 bits per heavy atom. The van der Waals surface area contributed by atoms with Gasteiger partial charge in [0, 0.05) is 16.6 Å². The summed E-state index contributed by atoms with van der Waals surface area (Å²) in [5.74, 6) is -0.410. The molecule has 2 atom stereocenters. The molecule has 4 heteroatoms. The van der Waals surface area contributed by atoms with E-state index in [0.29, 0.717) is 10.6 Å². The number of nitrogens with zero attached hydrogens (tertiary/aromatic N) is 1. The topological polar surface area (TPSA) is 35.8 Å². The number of benzene rings is 1. The Kier molecular flexibility index (Phi) is 4.72. The number of hydrogen-bond acceptors (Lipinski definition) is 2. The van der Waals surface area contributed by atoms with E-state index in [-0.39, 0.29) is 6.04 Å². The van der Waals surface area contributed by atoms with Gasteiger partial charge in [0.2, 0.25) is 0 Å². The minimum absolute atomic E-state index is 0.156. The molecule has 86 valence electrons. The molecule has 0 aliphatic rings. The SMILES string of the molecule is CCC(C)NC(C#N)c1cc(Cl)ccc1F. The summed E-state index contributed by atoms with van der Waals surface area (Å²) in [7, 11) is 0. The molecule has 0 radical (unpaired) electrons. The van der Waals surface area contributed by atoms with Crippen LogP contribution in [0.5, 0.6) is 0 Å². The Morgan fingerprint density at radius 3 is 2.81 bits per heavy atom. The van der Waals surface area contributed by atoms with Crippen LogP contribution in [0.4, 0.5) is 4.39 Å². The fourth-order valence-corrected chi connectivity index (χ4v) is 1.52. The van der Waals surface area contributed by atoms with Crippen LogP contribution in [0.1, 0.15) is 31.9 Å². The van der Waals surface area contributed by atoms with E-state index in [0.717, 1.165) is 6.42 Å². The Bertz CT molecular complexity index is 400. The predicted molar refractivity (Wildman–Crippen MR) is 62.7 cm³/mol. The summed E-state index contributed by atoms with van der Waals surface area (Å²) in [5.41, 5.74) is 0.301. The van der Waals surface area contributed by atoms with Gasteiger partial charge in [-0.15, -0.1) is 0 Å². The fraction of sp³-hybridized carbons (Fsp3) is 0.417. The van der Waals surface area contributed by atoms with Crippen molar-refractivity contribution in [3.63, 3.8) is 0 Å². The van der Waals surface area contributed by atoms with Gasteiger partial charge in [-0.25, -0.2) is 4.39 Å². The van der Waals surface area contributed by atoms with Crippen LogP contribution in [0, 0.1) is 17.1 Å². The van der Waals surface area contributed by atoms with Crippen molar-refractivity contribution in [3.05, 3.63) is 34.6 Å². The second kappa shape index (κ2) is 5.83. The van der Waals surface area contributed by atoms with E-state index >= 15 is 0 Å². The number of hydrogen-bond donors (Lipinski definition) is 1. The van der Waals surface area contributed by atoms with Gasteiger partial charge in [-0.1, -0.05) is 18.5 Å². The van der Waals surface area contributed by atoms with Crippen LogP contribution in [0.15, 0.2) is 18.2 Å². The van der Waals surface area contributed by atoms with Crippen molar-refractivity contribution >= 4 is 11.6 Å². The molecule has 1 rings (SSSR count). The lowest BCUT2D eigenvalue weighted by Crippen LogP contribution is -2.29. The molecule has 0 bridgehead atoms. The average Bonchev–Trinajstić information content (AvgIpc) is 2.29. The Morgan fingerprint density at radius 1 is 1.56 bits per heavy atom. The molecule has 0 fully saturated rings. The van der Waals surface area contributed by atoms with E-state index in [9.17, 15) is 4.39 Å². The van der Waals surface area contributed by atoms with Crippen LogP contribution >= 0.6 is 11.6 Å². The van der Waals surface area contributed by atoms with Gasteiger partial charge in [0.1, 0.15) is 11.9 Å². The van der Waals surface area contributed by atoms with Crippen molar-refractivity contribution in [1.82, 2.24) is 5.32 Å². The van der Waals surface area contributed by atoms with Crippen LogP contribution in [-0.2, 0) is 0 Å². The lowest BCUT2D eigenvalue weighted by molar-refractivity contribution is 0.485. The molecule has 2 unspecified atom stereocenters. The van der Waals surface area contributed by atoms with Crippen LogP contribution in [0.3, 0.4) is 0 Å². The summed E-state index contributed by atoms with van der Waals surface area (Å²) in [6, 6.07) is 5.77. The number of rotatable bonds is 4. The fourth-order valence-electron chi connectivity index (χ4n) is 1.33. The smallest absolute Gasteiger partial charge is 0.129 e. The van der Waals surface area contributed by atoms with Crippen molar-refractivity contribution in [2.75, 3.05) is 0 Å². The first-order valence-electron chi connectivity index (χ1n) is 5.19. The molecule has 0 saturated heterocycles. The third-order valence-electron chi connectivity index (χ3n) is 2.46. The highest BCUT2D eigenvalue weighted by Crippen LogP contribution is 2.21. The van der Waals surface area contributed by atoms with Gasteiger partial charge in [0.05, 0.1) is 6.07 Å². The average molecular weight is 241 g/mol. The van der Waals surface area contributed by atoms with Gasteiger partial charge in [0.15, 0.2) is 0 Å². The molecule has 0 aromatic heterocycles. The van der Waals surface area contributed by atoms with Crippen LogP contribution in [0.2, 0.25) is 5.02 Å². The van der Waals surface area contributed by atoms with E-state index in [4.69, 9.17) is 16.9 Å². The van der Waals surface area contributed by atoms with Crippen molar-refractivity contribution in [2.45, 2.75) is 32.4 Å². The lowest BCUT2D eigenvalue weighted by Gasteiger charge is -2.17. The zero-order chi connectivity index (χ0) is 12.1. The Labute approximate surface area is 100 Å². The molecule has 1 aromatic carbocycles. The van der Waals surface area contributed by atoms with Gasteiger partial charge in [-0.2, -0.15) is 5.26 Å². The molecule has 0 spiro atoms. The van der Waals surface area contributed by atoms with Crippen molar-refractivity contribution in [3.8, 4) is 6.07 Å². The maximum atomic E-state index is 13.5. The maximum absolute atomic E-state index is 13.5. The van der Waals surface area contributed by atoms with E-state index in [1.54, 1.807) is 0 Å². The lowest BCUT2D eigenvalue weighted by atomic mass is 10.1. The van der Waals surface area contributed by atoms with E-state index in [1.807, 2.05) is 19.9 Å². The molecule has 1 aromatic rings. The predicted octanol–water partition coefficient (Wildman–Crippen LogP) is 3.43. The molecule has 0 heterocycles. The number of nitriles is 1. The molecule has 16 heavy (non-hydrogen) atoms. The molecule has 0 aliphatic heterocycles. The molecule has 0 amide bonds. The molecule has 2 nitrogen and oxygen atoms in total. The van der Waals surface area contributed by atoms with Crippen molar-refractivity contribution in [1.29, 1.82) is 5.26 Å². The number of nitrogens with one attached hydrogen (secondary N) is 1. The second-order valence-electron chi connectivity index (χ2n) is 3.70. The van der Waals surface area contributed by atoms with Gasteiger partial charge >= 0.3 is 0 Å². The summed E-state index contributed by atoms with van der Waals surface area (Å²) < 4.78 is 13.5. The summed E-state index contributed by atoms with van der Waals surface area (Å²) in [6.45, 7) is 3.95. The highest BCUT2D eigenvalue weighted by Gasteiger charge is 2.16. The monoisotopic (exact) mass is 240 g/mol. The first-order chi connectivity index (χ1) is 7.58. The van der Waals surface area contributed by atoms with Gasteiger partial charge in [-0.3, -0.25) is 5.32 Å². The minimum Gasteiger partial charge on any atom is -0.296 e. The van der Waals surface area contributed by atoms with Gasteiger partial charge in [0.25, 0.3) is 0 Å². The quantitative estimate of drug-likeness (QED) is 0.875. The Balaban J connectivity index is 2.95. The first-order valence-corrected chi connectivity index (χ1v) is 5.56. The van der Waals surface area contributed by atoms with E-state index < -0.39 is 11.9 Å². The summed E-state index contributed by atoms with van der Waals surface area (Å²) >= 11 is 5.78. The largest absolute Gasteiger partial charge is 0.296 e. The van der Waals surface area contributed by atoms with Gasteiger partial charge < -0.3 is 0 Å². The molecular weight excluding hydrogens is 227 g/mol. The van der Waals surface area contributed by atoms with Crippen molar-refractivity contribution in [2.24, 2.45) is 0 Å². The molecule has 0 saturated carbocycles. The zero-order valence-electron chi connectivity index (χ0n) is 9.30. The third kappa shape index (κ3) is 3.19. The zero-order valence-corrected chi connectivity index (χ0v) is 10.1. The number of halogens is 2. The summed E-state index contributed by atoms with van der Waals surface area (Å²) in [5, 5.41) is 12.5. The van der Waals surface area contributed by atoms with Crippen molar-refractivity contribution < 1.29 is 4.39 Å². The van der Waals surface area contributed by atoms with Gasteiger partial charge in [-0.05, 0) is 31.5 Å². The molecular formula is C12H14ClFN2. The van der Waals surface area contributed by atoms with Crippen LogP contribution < -0.4 is 5.32 Å². The van der Waals surface area contributed by atoms with E-state index in [1.165, 1.54) is 18.2 Å². The minimum atomic E-state index is -0.659. The molecule has 1 N–H and O–H groups in total. The van der Waals surface area contributed by atoms with E-state index in [2.05, 4.69) is 5.32 Å². The van der Waals surface area contributed by atoms with Crippen LogP contribution in [-0.4, -0.2) is 6.04 Å². The Hall–Kier alpha value is -1.11. The normalized spacial score (nSPS) is 14.2.